The van der Waals surface area contributed by atoms with Gasteiger partial charge in [0.2, 0.25) is 17.7 Å². The zero-order chi connectivity index (χ0) is 32.4. The van der Waals surface area contributed by atoms with Crippen LogP contribution in [-0.4, -0.2) is 88.2 Å². The van der Waals surface area contributed by atoms with Gasteiger partial charge in [-0.1, -0.05) is 94.2 Å². The van der Waals surface area contributed by atoms with Gasteiger partial charge in [-0.25, -0.2) is 0 Å². The molecule has 2 N–H and O–H groups in total. The molecule has 0 unspecified atom stereocenters. The van der Waals surface area contributed by atoms with Crippen molar-refractivity contribution in [2.45, 2.75) is 101 Å². The topological polar surface area (TPSA) is 125 Å². The molecule has 46 heavy (non-hydrogen) atoms. The van der Waals surface area contributed by atoms with E-state index in [0.717, 1.165) is 37.7 Å². The molecule has 4 aliphatic heterocycles. The van der Waals surface area contributed by atoms with Crippen molar-refractivity contribution in [3.63, 3.8) is 0 Å². The van der Waals surface area contributed by atoms with Crippen molar-refractivity contribution in [2.75, 3.05) is 19.8 Å². The number of rotatable bonds is 6. The quantitative estimate of drug-likeness (QED) is 0.363. The molecule has 0 bridgehead atoms. The number of hydrogen-bond acceptors (Lipinski definition) is 7. The number of allylic oxidation sites excluding steroid dienone is 1. The van der Waals surface area contributed by atoms with Crippen molar-refractivity contribution >= 4 is 23.7 Å². The lowest BCUT2D eigenvalue weighted by Gasteiger charge is -2.42. The number of fused-ring (bicyclic) bond motifs is 2. The summed E-state index contributed by atoms with van der Waals surface area (Å²) >= 11 is 0. The maximum atomic E-state index is 14.8. The number of aliphatic hydroxyl groups excluding tert-OH is 1. The van der Waals surface area contributed by atoms with Gasteiger partial charge >= 0.3 is 5.97 Å². The van der Waals surface area contributed by atoms with Crippen LogP contribution in [0.1, 0.15) is 76.8 Å². The minimum atomic E-state index is -1.40. The highest BCUT2D eigenvalue weighted by atomic mass is 16.5. The number of carbonyl (C=O) groups is 4. The number of ether oxygens (including phenoxy) is 2. The highest BCUT2D eigenvalue weighted by Crippen LogP contribution is 2.54. The number of benzene rings is 1. The molecule has 248 valence electrons. The van der Waals surface area contributed by atoms with Gasteiger partial charge in [0, 0.05) is 19.0 Å². The highest BCUT2D eigenvalue weighted by Gasteiger charge is 2.72. The van der Waals surface area contributed by atoms with Crippen LogP contribution in [0.25, 0.3) is 0 Å². The van der Waals surface area contributed by atoms with Gasteiger partial charge in [-0.2, -0.15) is 0 Å². The summed E-state index contributed by atoms with van der Waals surface area (Å²) in [5, 5.41) is 13.8. The van der Waals surface area contributed by atoms with E-state index in [1.165, 1.54) is 0 Å². The van der Waals surface area contributed by atoms with E-state index in [-0.39, 0.29) is 49.4 Å². The summed E-state index contributed by atoms with van der Waals surface area (Å²) in [6.45, 7) is 4.03. The van der Waals surface area contributed by atoms with E-state index in [1.54, 1.807) is 17.1 Å². The van der Waals surface area contributed by atoms with Crippen LogP contribution in [0.2, 0.25) is 0 Å². The first-order valence-electron chi connectivity index (χ1n) is 17.1. The number of likely N-dealkylation sites (tertiary alicyclic amines) is 1. The van der Waals surface area contributed by atoms with E-state index in [4.69, 9.17) is 9.47 Å². The standard InChI is InChI=1S/C36H47N3O7/c1-3-23(2)27(21-40)39-32-35(44)38(25-15-8-5-9-16-25)20-12-19-36(32)31(34(39)43)30-28(46-36)17-10-11-18-29(41)45-22-26(37-33(30)42)24-13-6-4-7-14-24/h4,6-7,10,12-14,17,19,23,25-28,30-32,40H,3,5,8-9,11,15-16,18,20-22H2,1-2H3,(H,37,42)/b17-10-/t23-,26-,27-,28+,30-,31-,32+,36-/m0/s1. The SMILES string of the molecule is CC[C@H](C)[C@H](CO)N1C(=O)[C@@H]2[C@H]3C(=O)N[C@H](c4ccccc4)COC(=O)CC/C=C\[C@H]3O[C@@]23C=CCN(C2CCCCC2)C(=O)[C@@H]13. The van der Waals surface area contributed by atoms with Crippen LogP contribution >= 0.6 is 0 Å². The molecule has 6 rings (SSSR count). The molecule has 5 aliphatic rings. The predicted molar refractivity (Wildman–Crippen MR) is 170 cm³/mol. The zero-order valence-corrected chi connectivity index (χ0v) is 26.9. The Morgan fingerprint density at radius 2 is 1.80 bits per heavy atom. The molecule has 0 radical (unpaired) electrons. The third-order valence-electron chi connectivity index (χ3n) is 10.9. The predicted octanol–water partition coefficient (Wildman–Crippen LogP) is 3.46. The molecule has 0 aromatic heterocycles. The zero-order valence-electron chi connectivity index (χ0n) is 26.9. The fourth-order valence-electron chi connectivity index (χ4n) is 8.29. The minimum absolute atomic E-state index is 0.0512. The van der Waals surface area contributed by atoms with E-state index in [1.807, 2.05) is 61.2 Å². The third kappa shape index (κ3) is 5.79. The van der Waals surface area contributed by atoms with Gasteiger partial charge in [-0.15, -0.1) is 0 Å². The summed E-state index contributed by atoms with van der Waals surface area (Å²) in [7, 11) is 0. The third-order valence-corrected chi connectivity index (χ3v) is 10.9. The Morgan fingerprint density at radius 1 is 1.04 bits per heavy atom. The van der Waals surface area contributed by atoms with Crippen molar-refractivity contribution in [1.82, 2.24) is 15.1 Å². The molecule has 4 heterocycles. The van der Waals surface area contributed by atoms with Crippen LogP contribution in [0.4, 0.5) is 0 Å². The highest BCUT2D eigenvalue weighted by molar-refractivity contribution is 6.00. The molecule has 2 saturated heterocycles. The molecular weight excluding hydrogens is 586 g/mol. The van der Waals surface area contributed by atoms with Crippen LogP contribution in [0.5, 0.6) is 0 Å². The number of nitrogens with zero attached hydrogens (tertiary/aromatic N) is 2. The van der Waals surface area contributed by atoms with E-state index >= 15 is 0 Å². The first-order chi connectivity index (χ1) is 22.3. The van der Waals surface area contributed by atoms with E-state index < -0.39 is 47.6 Å². The summed E-state index contributed by atoms with van der Waals surface area (Å²) in [4.78, 5) is 60.1. The molecule has 1 aromatic rings. The number of carbonyl (C=O) groups excluding carboxylic acids is 4. The van der Waals surface area contributed by atoms with Crippen molar-refractivity contribution < 1.29 is 33.8 Å². The number of amides is 3. The average molecular weight is 634 g/mol. The Hall–Kier alpha value is -3.50. The van der Waals surface area contributed by atoms with Gasteiger partial charge in [0.15, 0.2) is 0 Å². The van der Waals surface area contributed by atoms with Crippen LogP contribution in [0.15, 0.2) is 54.6 Å². The molecule has 1 saturated carbocycles. The number of hydrogen-bond donors (Lipinski definition) is 2. The number of esters is 1. The minimum Gasteiger partial charge on any atom is -0.463 e. The summed E-state index contributed by atoms with van der Waals surface area (Å²) in [6.07, 6.45) is 12.8. The van der Waals surface area contributed by atoms with E-state index in [9.17, 15) is 24.3 Å². The normalized spacial score (nSPS) is 34.3. The molecule has 3 amide bonds. The smallest absolute Gasteiger partial charge is 0.306 e. The summed E-state index contributed by atoms with van der Waals surface area (Å²) in [5.41, 5.74) is -0.631. The summed E-state index contributed by atoms with van der Waals surface area (Å²) < 4.78 is 12.4. The molecule has 1 spiro atoms. The van der Waals surface area contributed by atoms with Crippen LogP contribution in [0.3, 0.4) is 0 Å². The molecular formula is C36H47N3O7. The fraction of sp³-hybridized carbons (Fsp3) is 0.611. The summed E-state index contributed by atoms with van der Waals surface area (Å²) in [6, 6.07) is 7.09. The van der Waals surface area contributed by atoms with Crippen LogP contribution in [-0.2, 0) is 28.7 Å². The van der Waals surface area contributed by atoms with E-state index in [0.29, 0.717) is 19.4 Å². The first kappa shape index (κ1) is 32.4. The lowest BCUT2D eigenvalue weighted by Crippen LogP contribution is -2.60. The molecule has 3 fully saturated rings. The maximum Gasteiger partial charge on any atom is 0.306 e. The van der Waals surface area contributed by atoms with Crippen LogP contribution in [0, 0.1) is 17.8 Å². The largest absolute Gasteiger partial charge is 0.463 e. The Bertz CT molecular complexity index is 1360. The number of cyclic esters (lactones) is 1. The average Bonchev–Trinajstić information content (AvgIpc) is 3.46. The van der Waals surface area contributed by atoms with Crippen molar-refractivity contribution in [3.8, 4) is 0 Å². The molecule has 1 aliphatic carbocycles. The van der Waals surface area contributed by atoms with Gasteiger partial charge in [-0.3, -0.25) is 19.2 Å². The Morgan fingerprint density at radius 3 is 2.52 bits per heavy atom. The van der Waals surface area contributed by atoms with Gasteiger partial charge in [0.05, 0.1) is 36.6 Å². The van der Waals surface area contributed by atoms with Crippen molar-refractivity contribution in [3.05, 3.63) is 60.2 Å². The van der Waals surface area contributed by atoms with Crippen LogP contribution < -0.4 is 5.32 Å². The van der Waals surface area contributed by atoms with Gasteiger partial charge in [-0.05, 0) is 30.7 Å². The van der Waals surface area contributed by atoms with E-state index in [2.05, 4.69) is 5.32 Å². The number of aliphatic hydroxyl groups is 1. The van der Waals surface area contributed by atoms with Gasteiger partial charge in [0.25, 0.3) is 0 Å². The number of nitrogens with one attached hydrogen (secondary N) is 1. The second-order valence-electron chi connectivity index (χ2n) is 13.5. The maximum absolute atomic E-state index is 14.8. The lowest BCUT2D eigenvalue weighted by molar-refractivity contribution is -0.153. The Balaban J connectivity index is 1.44. The van der Waals surface area contributed by atoms with Crippen molar-refractivity contribution in [1.29, 1.82) is 0 Å². The fourth-order valence-corrected chi connectivity index (χ4v) is 8.29. The monoisotopic (exact) mass is 633 g/mol. The Kier molecular flexibility index (Phi) is 9.66. The first-order valence-corrected chi connectivity index (χ1v) is 17.1. The molecule has 1 aromatic carbocycles. The molecule has 10 heteroatoms. The molecule has 8 atom stereocenters. The second-order valence-corrected chi connectivity index (χ2v) is 13.5. The Labute approximate surface area is 271 Å². The lowest BCUT2D eigenvalue weighted by atomic mass is 9.77. The second kappa shape index (κ2) is 13.7. The van der Waals surface area contributed by atoms with Gasteiger partial charge in [0.1, 0.15) is 18.2 Å². The summed E-state index contributed by atoms with van der Waals surface area (Å²) in [5.74, 6) is -3.34. The van der Waals surface area contributed by atoms with Gasteiger partial charge < -0.3 is 29.7 Å². The molecule has 10 nitrogen and oxygen atoms in total. The van der Waals surface area contributed by atoms with Crippen molar-refractivity contribution in [2.24, 2.45) is 17.8 Å².